The number of amides is 1. The summed E-state index contributed by atoms with van der Waals surface area (Å²) in [5.74, 6) is 0. The number of nitrogens with one attached hydrogen (secondary N) is 1. The summed E-state index contributed by atoms with van der Waals surface area (Å²) < 4.78 is 0. The highest BCUT2D eigenvalue weighted by Gasteiger charge is 2.09. The summed E-state index contributed by atoms with van der Waals surface area (Å²) in [5, 5.41) is 12.5. The third-order valence-electron chi connectivity index (χ3n) is 1.44. The van der Waals surface area contributed by atoms with Crippen molar-refractivity contribution in [3.05, 3.63) is 12.3 Å². The fourth-order valence-corrected chi connectivity index (χ4v) is 0.872. The second-order valence-electron chi connectivity index (χ2n) is 2.18. The molecule has 1 heterocycles. The molecule has 1 aliphatic heterocycles. The van der Waals surface area contributed by atoms with Crippen molar-refractivity contribution in [3.63, 3.8) is 0 Å². The molecule has 1 rings (SSSR count). The van der Waals surface area contributed by atoms with Crippen molar-refractivity contribution in [2.45, 2.75) is 12.5 Å². The lowest BCUT2D eigenvalue weighted by Crippen LogP contribution is -2.33. The Labute approximate surface area is 59.1 Å². The fraction of sp³-hybridized carbons (Fsp3) is 0.500. The van der Waals surface area contributed by atoms with Gasteiger partial charge in [0.15, 0.2) is 0 Å². The molecule has 4 nitrogen and oxygen atoms in total. The maximum atomic E-state index is 9.93. The molecule has 1 unspecified atom stereocenters. The highest BCUT2D eigenvalue weighted by Crippen LogP contribution is 2.02. The molecule has 0 aromatic rings. The molecule has 1 amide bonds. The zero-order valence-corrected chi connectivity index (χ0v) is 5.53. The third-order valence-corrected chi connectivity index (χ3v) is 1.44. The van der Waals surface area contributed by atoms with Crippen LogP contribution in [0.5, 0.6) is 0 Å². The van der Waals surface area contributed by atoms with Gasteiger partial charge in [0, 0.05) is 12.7 Å². The SMILES string of the molecule is O=CNC1C=CN(O)CC1. The second kappa shape index (κ2) is 3.22. The largest absolute Gasteiger partial charge is 0.352 e. The molecule has 1 atom stereocenters. The molecule has 0 radical (unpaired) electrons. The van der Waals surface area contributed by atoms with Gasteiger partial charge < -0.3 is 5.32 Å². The summed E-state index contributed by atoms with van der Waals surface area (Å²) in [6.45, 7) is 0.571. The second-order valence-corrected chi connectivity index (χ2v) is 2.18. The maximum Gasteiger partial charge on any atom is 0.207 e. The van der Waals surface area contributed by atoms with E-state index in [1.54, 1.807) is 12.3 Å². The predicted molar refractivity (Wildman–Crippen MR) is 35.2 cm³/mol. The Morgan fingerprint density at radius 1 is 1.80 bits per heavy atom. The molecule has 10 heavy (non-hydrogen) atoms. The summed E-state index contributed by atoms with van der Waals surface area (Å²) in [7, 11) is 0. The quantitative estimate of drug-likeness (QED) is 0.521. The van der Waals surface area contributed by atoms with E-state index >= 15 is 0 Å². The Bertz CT molecular complexity index is 147. The molecule has 0 saturated carbocycles. The number of carbonyl (C=O) groups is 1. The molecule has 4 heteroatoms. The predicted octanol–water partition coefficient (Wildman–Crippen LogP) is -0.290. The van der Waals surface area contributed by atoms with Crippen LogP contribution in [0, 0.1) is 0 Å². The molecule has 1 aliphatic rings. The standard InChI is InChI=1S/C6H10N2O2/c9-5-7-6-1-3-8(10)4-2-6/h1,3,5-6,10H,2,4H2,(H,7,9). The first-order valence-electron chi connectivity index (χ1n) is 3.16. The van der Waals surface area contributed by atoms with E-state index in [-0.39, 0.29) is 6.04 Å². The summed E-state index contributed by atoms with van der Waals surface area (Å²) in [5.41, 5.74) is 0. The van der Waals surface area contributed by atoms with Crippen LogP contribution >= 0.6 is 0 Å². The van der Waals surface area contributed by atoms with E-state index in [0.29, 0.717) is 13.0 Å². The minimum absolute atomic E-state index is 0.0842. The van der Waals surface area contributed by atoms with E-state index in [0.717, 1.165) is 11.5 Å². The Balaban J connectivity index is 2.37. The summed E-state index contributed by atoms with van der Waals surface area (Å²) in [6.07, 6.45) is 4.72. The van der Waals surface area contributed by atoms with E-state index in [9.17, 15) is 4.79 Å². The third kappa shape index (κ3) is 1.73. The van der Waals surface area contributed by atoms with Gasteiger partial charge in [-0.2, -0.15) is 0 Å². The van der Waals surface area contributed by atoms with Crippen LogP contribution in [0.2, 0.25) is 0 Å². The van der Waals surface area contributed by atoms with Crippen LogP contribution in [0.25, 0.3) is 0 Å². The van der Waals surface area contributed by atoms with Gasteiger partial charge in [-0.1, -0.05) is 0 Å². The Kier molecular flexibility index (Phi) is 2.28. The van der Waals surface area contributed by atoms with Gasteiger partial charge in [0.2, 0.25) is 6.41 Å². The van der Waals surface area contributed by atoms with Gasteiger partial charge in [-0.05, 0) is 12.5 Å². The lowest BCUT2D eigenvalue weighted by atomic mass is 10.1. The molecule has 56 valence electrons. The maximum absolute atomic E-state index is 9.93. The Morgan fingerprint density at radius 3 is 3.10 bits per heavy atom. The molecular formula is C6H10N2O2. The average Bonchev–Trinajstić information content (AvgIpc) is 1.95. The summed E-state index contributed by atoms with van der Waals surface area (Å²) >= 11 is 0. The van der Waals surface area contributed by atoms with Crippen LogP contribution in [0.15, 0.2) is 12.3 Å². The first-order chi connectivity index (χ1) is 4.83. The van der Waals surface area contributed by atoms with Crippen LogP contribution in [-0.2, 0) is 4.79 Å². The minimum Gasteiger partial charge on any atom is -0.352 e. The minimum atomic E-state index is 0.0842. The number of hydroxylamine groups is 2. The van der Waals surface area contributed by atoms with Gasteiger partial charge in [-0.3, -0.25) is 15.1 Å². The topological polar surface area (TPSA) is 52.6 Å². The Hall–Kier alpha value is -1.03. The van der Waals surface area contributed by atoms with Gasteiger partial charge >= 0.3 is 0 Å². The van der Waals surface area contributed by atoms with E-state index in [2.05, 4.69) is 5.32 Å². The van der Waals surface area contributed by atoms with Crippen molar-refractivity contribution in [3.8, 4) is 0 Å². The van der Waals surface area contributed by atoms with Crippen LogP contribution in [-0.4, -0.2) is 29.3 Å². The van der Waals surface area contributed by atoms with E-state index in [1.165, 1.54) is 0 Å². The van der Waals surface area contributed by atoms with Crippen molar-refractivity contribution < 1.29 is 10.0 Å². The lowest BCUT2D eigenvalue weighted by molar-refractivity contribution is -0.110. The molecule has 0 bridgehead atoms. The molecule has 0 aromatic carbocycles. The number of hydrogen-bond donors (Lipinski definition) is 2. The molecule has 0 fully saturated rings. The number of hydrogen-bond acceptors (Lipinski definition) is 3. The van der Waals surface area contributed by atoms with E-state index < -0.39 is 0 Å². The average molecular weight is 142 g/mol. The monoisotopic (exact) mass is 142 g/mol. The van der Waals surface area contributed by atoms with E-state index in [4.69, 9.17) is 5.21 Å². The zero-order chi connectivity index (χ0) is 7.40. The first-order valence-corrected chi connectivity index (χ1v) is 3.16. The number of carbonyl (C=O) groups excluding carboxylic acids is 1. The van der Waals surface area contributed by atoms with E-state index in [1.807, 2.05) is 0 Å². The van der Waals surface area contributed by atoms with Gasteiger partial charge in [0.05, 0.1) is 6.04 Å². The highest BCUT2D eigenvalue weighted by atomic mass is 16.5. The van der Waals surface area contributed by atoms with Crippen LogP contribution in [0.4, 0.5) is 0 Å². The molecule has 0 saturated heterocycles. The number of nitrogens with zero attached hydrogens (tertiary/aromatic N) is 1. The molecule has 0 aliphatic carbocycles. The normalized spacial score (nSPS) is 24.5. The van der Waals surface area contributed by atoms with Gasteiger partial charge in [-0.15, -0.1) is 0 Å². The summed E-state index contributed by atoms with van der Waals surface area (Å²) in [4.78, 5) is 9.93. The molecule has 0 aromatic heterocycles. The number of rotatable bonds is 2. The lowest BCUT2D eigenvalue weighted by Gasteiger charge is -2.21. The van der Waals surface area contributed by atoms with Crippen molar-refractivity contribution in [1.29, 1.82) is 0 Å². The summed E-state index contributed by atoms with van der Waals surface area (Å²) in [6, 6.07) is 0.0842. The van der Waals surface area contributed by atoms with Crippen LogP contribution in [0.3, 0.4) is 0 Å². The van der Waals surface area contributed by atoms with Crippen molar-refractivity contribution in [2.75, 3.05) is 6.54 Å². The van der Waals surface area contributed by atoms with Gasteiger partial charge in [0.1, 0.15) is 0 Å². The zero-order valence-electron chi connectivity index (χ0n) is 5.53. The smallest absolute Gasteiger partial charge is 0.207 e. The fourth-order valence-electron chi connectivity index (χ4n) is 0.872. The first kappa shape index (κ1) is 7.08. The van der Waals surface area contributed by atoms with Crippen molar-refractivity contribution in [1.82, 2.24) is 10.4 Å². The Morgan fingerprint density at radius 2 is 2.60 bits per heavy atom. The van der Waals surface area contributed by atoms with Crippen LogP contribution < -0.4 is 5.32 Å². The van der Waals surface area contributed by atoms with Gasteiger partial charge in [-0.25, -0.2) is 0 Å². The van der Waals surface area contributed by atoms with Gasteiger partial charge in [0.25, 0.3) is 0 Å². The van der Waals surface area contributed by atoms with Crippen LogP contribution in [0.1, 0.15) is 6.42 Å². The van der Waals surface area contributed by atoms with Crippen molar-refractivity contribution >= 4 is 6.41 Å². The molecule has 2 N–H and O–H groups in total. The molecular weight excluding hydrogens is 132 g/mol. The highest BCUT2D eigenvalue weighted by molar-refractivity contribution is 5.47. The molecule has 0 spiro atoms. The van der Waals surface area contributed by atoms with Crippen molar-refractivity contribution in [2.24, 2.45) is 0 Å².